The molecule has 0 saturated carbocycles. The third-order valence-electron chi connectivity index (χ3n) is 4.26. The van der Waals surface area contributed by atoms with E-state index < -0.39 is 17.9 Å². The van der Waals surface area contributed by atoms with Crippen LogP contribution in [-0.4, -0.2) is 38.3 Å². The molecule has 2 aromatic rings. The molecule has 0 aliphatic heterocycles. The fourth-order valence-electron chi connectivity index (χ4n) is 2.65. The van der Waals surface area contributed by atoms with Gasteiger partial charge in [0.15, 0.2) is 11.5 Å². The van der Waals surface area contributed by atoms with Crippen molar-refractivity contribution in [2.45, 2.75) is 19.9 Å². The molecule has 2 N–H and O–H groups in total. The van der Waals surface area contributed by atoms with Gasteiger partial charge in [-0.25, -0.2) is 5.43 Å². The van der Waals surface area contributed by atoms with E-state index in [4.69, 9.17) is 32.7 Å². The van der Waals surface area contributed by atoms with Gasteiger partial charge in [-0.2, -0.15) is 5.10 Å². The predicted octanol–water partition coefficient (Wildman–Crippen LogP) is 4.68. The van der Waals surface area contributed by atoms with Crippen LogP contribution in [0.2, 0.25) is 10.0 Å². The van der Waals surface area contributed by atoms with Crippen molar-refractivity contribution >= 4 is 57.2 Å². The molecule has 1 unspecified atom stereocenters. The van der Waals surface area contributed by atoms with Gasteiger partial charge in [0.05, 0.1) is 35.0 Å². The normalized spacial score (nSPS) is 12.0. The number of amides is 2. The second-order valence-corrected chi connectivity index (χ2v) is 8.47. The number of rotatable bonds is 8. The first-order valence-electron chi connectivity index (χ1n) is 9.18. The van der Waals surface area contributed by atoms with Crippen molar-refractivity contribution in [2.24, 2.45) is 11.0 Å². The molecular weight excluding hydrogens is 509 g/mol. The molecule has 1 atom stereocenters. The third kappa shape index (κ3) is 6.59. The smallest absolute Gasteiger partial charge is 0.262 e. The van der Waals surface area contributed by atoms with Crippen LogP contribution in [0.15, 0.2) is 39.9 Å². The monoisotopic (exact) mass is 529 g/mol. The van der Waals surface area contributed by atoms with Crippen LogP contribution in [0, 0.1) is 5.92 Å². The molecule has 31 heavy (non-hydrogen) atoms. The van der Waals surface area contributed by atoms with Crippen molar-refractivity contribution in [3.63, 3.8) is 0 Å². The highest BCUT2D eigenvalue weighted by molar-refractivity contribution is 9.10. The van der Waals surface area contributed by atoms with Gasteiger partial charge in [0.1, 0.15) is 6.04 Å². The first-order valence-corrected chi connectivity index (χ1v) is 10.7. The van der Waals surface area contributed by atoms with Gasteiger partial charge in [0, 0.05) is 5.56 Å². The van der Waals surface area contributed by atoms with Gasteiger partial charge in [0.25, 0.3) is 11.8 Å². The highest BCUT2D eigenvalue weighted by Gasteiger charge is 2.24. The number of halogens is 3. The Labute approximate surface area is 199 Å². The number of methoxy groups -OCH3 is 2. The molecular formula is C21H22BrCl2N3O4. The van der Waals surface area contributed by atoms with E-state index in [-0.39, 0.29) is 10.9 Å². The summed E-state index contributed by atoms with van der Waals surface area (Å²) in [5.74, 6) is -0.0243. The number of hydrazone groups is 1. The van der Waals surface area contributed by atoms with Gasteiger partial charge in [0.2, 0.25) is 0 Å². The van der Waals surface area contributed by atoms with Gasteiger partial charge in [-0.05, 0) is 57.7 Å². The molecule has 2 amide bonds. The lowest BCUT2D eigenvalue weighted by Gasteiger charge is -2.20. The molecule has 0 aliphatic carbocycles. The molecule has 0 spiro atoms. The Morgan fingerprint density at radius 2 is 1.81 bits per heavy atom. The van der Waals surface area contributed by atoms with Crippen molar-refractivity contribution in [2.75, 3.05) is 14.2 Å². The standard InChI is InChI=1S/C21H22BrCl2N3O4/c1-11(2)18(26-20(28)13-5-6-15(23)16(24)9-13)21(29)27-25-10-12-7-14(22)19(31-4)17(8-12)30-3/h5-11,18H,1-4H3,(H,26,28)(H,27,29). The zero-order valence-electron chi connectivity index (χ0n) is 17.3. The molecule has 0 radical (unpaired) electrons. The molecule has 166 valence electrons. The van der Waals surface area contributed by atoms with Crippen molar-refractivity contribution in [1.29, 1.82) is 0 Å². The van der Waals surface area contributed by atoms with Crippen LogP contribution in [0.5, 0.6) is 11.5 Å². The zero-order valence-corrected chi connectivity index (χ0v) is 20.4. The molecule has 10 heteroatoms. The lowest BCUT2D eigenvalue weighted by molar-refractivity contribution is -0.123. The van der Waals surface area contributed by atoms with Gasteiger partial charge in [-0.1, -0.05) is 37.0 Å². The summed E-state index contributed by atoms with van der Waals surface area (Å²) in [7, 11) is 3.06. The summed E-state index contributed by atoms with van der Waals surface area (Å²) in [5, 5.41) is 7.29. The topological polar surface area (TPSA) is 89.0 Å². The summed E-state index contributed by atoms with van der Waals surface area (Å²) < 4.78 is 11.2. The molecule has 0 saturated heterocycles. The summed E-state index contributed by atoms with van der Waals surface area (Å²) in [6.07, 6.45) is 1.46. The van der Waals surface area contributed by atoms with Crippen molar-refractivity contribution in [1.82, 2.24) is 10.7 Å². The Morgan fingerprint density at radius 3 is 2.39 bits per heavy atom. The minimum atomic E-state index is -0.809. The molecule has 7 nitrogen and oxygen atoms in total. The summed E-state index contributed by atoms with van der Waals surface area (Å²) in [5.41, 5.74) is 3.43. The van der Waals surface area contributed by atoms with Crippen LogP contribution in [0.1, 0.15) is 29.8 Å². The van der Waals surface area contributed by atoms with E-state index in [0.29, 0.717) is 32.1 Å². The number of benzene rings is 2. The summed E-state index contributed by atoms with van der Waals surface area (Å²) >= 11 is 15.3. The Hall–Kier alpha value is -2.29. The van der Waals surface area contributed by atoms with Gasteiger partial charge in [-0.15, -0.1) is 0 Å². The number of hydrogen-bond donors (Lipinski definition) is 2. The molecule has 0 fully saturated rings. The van der Waals surface area contributed by atoms with Crippen LogP contribution in [-0.2, 0) is 4.79 Å². The number of carbonyl (C=O) groups is 2. The highest BCUT2D eigenvalue weighted by Crippen LogP contribution is 2.35. The maximum absolute atomic E-state index is 12.6. The number of carbonyl (C=O) groups excluding carboxylic acids is 2. The molecule has 2 rings (SSSR count). The maximum atomic E-state index is 12.6. The van der Waals surface area contributed by atoms with Gasteiger partial charge < -0.3 is 14.8 Å². The Balaban J connectivity index is 2.09. The maximum Gasteiger partial charge on any atom is 0.262 e. The second kappa shape index (κ2) is 11.4. The largest absolute Gasteiger partial charge is 0.493 e. The minimum absolute atomic E-state index is 0.183. The summed E-state index contributed by atoms with van der Waals surface area (Å²) in [6.45, 7) is 3.63. The Kier molecular flexibility index (Phi) is 9.15. The van der Waals surface area contributed by atoms with Crippen LogP contribution < -0.4 is 20.2 Å². The van der Waals surface area contributed by atoms with E-state index in [9.17, 15) is 9.59 Å². The zero-order chi connectivity index (χ0) is 23.1. The first-order chi connectivity index (χ1) is 14.7. The van der Waals surface area contributed by atoms with E-state index in [0.717, 1.165) is 0 Å². The number of ether oxygens (including phenoxy) is 2. The molecule has 0 heterocycles. The van der Waals surface area contributed by atoms with Gasteiger partial charge in [-0.3, -0.25) is 9.59 Å². The minimum Gasteiger partial charge on any atom is -0.493 e. The third-order valence-corrected chi connectivity index (χ3v) is 5.59. The molecule has 0 bridgehead atoms. The SMILES string of the molecule is COc1cc(C=NNC(=O)C(NC(=O)c2ccc(Cl)c(Cl)c2)C(C)C)cc(Br)c1OC. The first kappa shape index (κ1) is 25.0. The fourth-order valence-corrected chi connectivity index (χ4v) is 3.57. The van der Waals surface area contributed by atoms with Gasteiger partial charge >= 0.3 is 0 Å². The average Bonchev–Trinajstić information content (AvgIpc) is 2.72. The molecule has 2 aromatic carbocycles. The van der Waals surface area contributed by atoms with Crippen molar-refractivity contribution < 1.29 is 19.1 Å². The Morgan fingerprint density at radius 1 is 1.10 bits per heavy atom. The highest BCUT2D eigenvalue weighted by atomic mass is 79.9. The van der Waals surface area contributed by atoms with Crippen LogP contribution in [0.3, 0.4) is 0 Å². The quantitative estimate of drug-likeness (QED) is 0.383. The average molecular weight is 531 g/mol. The van der Waals surface area contributed by atoms with E-state index in [2.05, 4.69) is 31.8 Å². The van der Waals surface area contributed by atoms with Crippen LogP contribution in [0.25, 0.3) is 0 Å². The van der Waals surface area contributed by atoms with Crippen LogP contribution in [0.4, 0.5) is 0 Å². The van der Waals surface area contributed by atoms with E-state index >= 15 is 0 Å². The van der Waals surface area contributed by atoms with Crippen molar-refractivity contribution in [3.8, 4) is 11.5 Å². The summed E-state index contributed by atoms with van der Waals surface area (Å²) in [6, 6.07) is 7.17. The van der Waals surface area contributed by atoms with Crippen molar-refractivity contribution in [3.05, 3.63) is 56.0 Å². The second-order valence-electron chi connectivity index (χ2n) is 6.80. The summed E-state index contributed by atoms with van der Waals surface area (Å²) in [4.78, 5) is 25.1. The lowest BCUT2D eigenvalue weighted by atomic mass is 10.0. The predicted molar refractivity (Wildman–Crippen MR) is 126 cm³/mol. The Bertz CT molecular complexity index is 999. The molecule has 0 aliphatic rings. The molecule has 0 aromatic heterocycles. The van der Waals surface area contributed by atoms with E-state index in [1.165, 1.54) is 38.6 Å². The lowest BCUT2D eigenvalue weighted by Crippen LogP contribution is -2.48. The van der Waals surface area contributed by atoms with Crippen LogP contribution >= 0.6 is 39.1 Å². The number of hydrogen-bond acceptors (Lipinski definition) is 5. The number of nitrogens with zero attached hydrogens (tertiary/aromatic N) is 1. The van der Waals surface area contributed by atoms with E-state index in [1.54, 1.807) is 12.1 Å². The fraction of sp³-hybridized carbons (Fsp3) is 0.286. The van der Waals surface area contributed by atoms with E-state index in [1.807, 2.05) is 13.8 Å². The number of nitrogens with one attached hydrogen (secondary N) is 2.